The highest BCUT2D eigenvalue weighted by atomic mass is 32.2. The number of carbonyl (C=O) groups excluding carboxylic acids is 1. The van der Waals surface area contributed by atoms with Gasteiger partial charge in [-0.25, -0.2) is 16.8 Å². The molecule has 1 aliphatic heterocycles. The Bertz CT molecular complexity index is 1080. The summed E-state index contributed by atoms with van der Waals surface area (Å²) in [5, 5.41) is 0. The third kappa shape index (κ3) is 5.07. The van der Waals surface area contributed by atoms with Crippen LogP contribution in [0.4, 0.5) is 0 Å². The second-order valence-electron chi connectivity index (χ2n) is 7.12. The fourth-order valence-corrected chi connectivity index (χ4v) is 6.26. The lowest BCUT2D eigenvalue weighted by molar-refractivity contribution is -0.118. The van der Waals surface area contributed by atoms with Gasteiger partial charge < -0.3 is 5.73 Å². The number of nitrogens with two attached hydrogens (primary N) is 1. The van der Waals surface area contributed by atoms with Crippen molar-refractivity contribution in [3.8, 4) is 0 Å². The van der Waals surface area contributed by atoms with Crippen molar-refractivity contribution in [3.63, 3.8) is 0 Å². The minimum Gasteiger partial charge on any atom is -0.370 e. The van der Waals surface area contributed by atoms with Gasteiger partial charge in [0.25, 0.3) is 0 Å². The maximum absolute atomic E-state index is 13.2. The molecule has 1 fully saturated rings. The third-order valence-corrected chi connectivity index (χ3v) is 8.75. The molecule has 1 amide bonds. The van der Waals surface area contributed by atoms with Crippen molar-refractivity contribution < 1.29 is 21.6 Å². The van der Waals surface area contributed by atoms with Gasteiger partial charge in [0.05, 0.1) is 9.79 Å². The van der Waals surface area contributed by atoms with E-state index in [9.17, 15) is 21.6 Å². The van der Waals surface area contributed by atoms with Gasteiger partial charge in [0, 0.05) is 32.6 Å². The Morgan fingerprint density at radius 3 is 2.03 bits per heavy atom. The van der Waals surface area contributed by atoms with Crippen molar-refractivity contribution in [2.24, 2.45) is 5.73 Å². The van der Waals surface area contributed by atoms with Crippen LogP contribution in [0.1, 0.15) is 24.8 Å². The highest BCUT2D eigenvalue weighted by Crippen LogP contribution is 2.24. The molecule has 0 spiro atoms. The van der Waals surface area contributed by atoms with Crippen LogP contribution in [-0.2, 0) is 31.4 Å². The summed E-state index contributed by atoms with van der Waals surface area (Å²) in [7, 11) is -7.59. The van der Waals surface area contributed by atoms with Crippen LogP contribution < -0.4 is 5.73 Å². The summed E-state index contributed by atoms with van der Waals surface area (Å²) >= 11 is 0. The molecule has 30 heavy (non-hydrogen) atoms. The zero-order chi connectivity index (χ0) is 21.8. The highest BCUT2D eigenvalue weighted by Gasteiger charge is 2.29. The molecule has 162 valence electrons. The number of primary amides is 1. The summed E-state index contributed by atoms with van der Waals surface area (Å²) < 4.78 is 54.3. The molecule has 1 saturated heterocycles. The number of hydrogen-bond donors (Lipinski definition) is 1. The van der Waals surface area contributed by atoms with Crippen LogP contribution in [0.3, 0.4) is 0 Å². The minimum atomic E-state index is -3.96. The molecular formula is C20H25N3O5S2. The van der Waals surface area contributed by atoms with E-state index in [1.807, 2.05) is 6.07 Å². The summed E-state index contributed by atoms with van der Waals surface area (Å²) in [5.41, 5.74) is 5.97. The fraction of sp³-hybridized carbons (Fsp3) is 0.350. The van der Waals surface area contributed by atoms with Crippen LogP contribution in [0.5, 0.6) is 0 Å². The minimum absolute atomic E-state index is 0.0386. The molecule has 8 nitrogen and oxygen atoms in total. The zero-order valence-electron chi connectivity index (χ0n) is 16.5. The Balaban J connectivity index is 1.87. The van der Waals surface area contributed by atoms with Gasteiger partial charge in [0.2, 0.25) is 26.0 Å². The monoisotopic (exact) mass is 451 g/mol. The maximum Gasteiger partial charge on any atom is 0.243 e. The number of hydrogen-bond acceptors (Lipinski definition) is 5. The standard InChI is InChI=1S/C20H25N3O5S2/c21-20(24)12-15-23(16-17-6-2-1-3-7-17)30(27,28)19-10-8-18(9-11-19)29(25,26)22-13-4-5-14-22/h1-3,6-11H,4-5,12-16H2,(H2,21,24). The molecule has 1 aliphatic rings. The average molecular weight is 452 g/mol. The summed E-state index contributed by atoms with van der Waals surface area (Å²) in [6.45, 7) is 0.950. The average Bonchev–Trinajstić information content (AvgIpc) is 3.27. The van der Waals surface area contributed by atoms with Gasteiger partial charge >= 0.3 is 0 Å². The number of sulfonamides is 2. The third-order valence-electron chi connectivity index (χ3n) is 4.97. The summed E-state index contributed by atoms with van der Waals surface area (Å²) in [6, 6.07) is 14.2. The first-order valence-electron chi connectivity index (χ1n) is 9.64. The van der Waals surface area contributed by atoms with Crippen LogP contribution in [0.25, 0.3) is 0 Å². The number of benzene rings is 2. The van der Waals surface area contributed by atoms with E-state index in [-0.39, 0.29) is 29.3 Å². The van der Waals surface area contributed by atoms with E-state index in [0.717, 1.165) is 18.4 Å². The highest BCUT2D eigenvalue weighted by molar-refractivity contribution is 7.89. The zero-order valence-corrected chi connectivity index (χ0v) is 18.1. The first-order valence-corrected chi connectivity index (χ1v) is 12.5. The summed E-state index contributed by atoms with van der Waals surface area (Å²) in [4.78, 5) is 11.3. The van der Waals surface area contributed by atoms with Gasteiger partial charge in [-0.2, -0.15) is 8.61 Å². The number of rotatable bonds is 9. The Labute approximate surface area is 177 Å². The molecule has 0 unspecified atom stereocenters. The predicted octanol–water partition coefficient (Wildman–Crippen LogP) is 1.54. The normalized spacial score (nSPS) is 15.5. The quantitative estimate of drug-likeness (QED) is 0.620. The lowest BCUT2D eigenvalue weighted by atomic mass is 10.2. The molecule has 0 atom stereocenters. The molecular weight excluding hydrogens is 426 g/mol. The maximum atomic E-state index is 13.2. The van der Waals surface area contributed by atoms with E-state index in [0.29, 0.717) is 13.1 Å². The van der Waals surface area contributed by atoms with Gasteiger partial charge in [-0.05, 0) is 42.7 Å². The molecule has 0 aliphatic carbocycles. The van der Waals surface area contributed by atoms with Crippen molar-refractivity contribution in [1.29, 1.82) is 0 Å². The molecule has 2 aromatic rings. The van der Waals surface area contributed by atoms with E-state index in [4.69, 9.17) is 5.73 Å². The molecule has 1 heterocycles. The smallest absolute Gasteiger partial charge is 0.243 e. The van der Waals surface area contributed by atoms with Crippen molar-refractivity contribution in [1.82, 2.24) is 8.61 Å². The van der Waals surface area contributed by atoms with Crippen molar-refractivity contribution in [3.05, 3.63) is 60.2 Å². The molecule has 3 rings (SSSR count). The van der Waals surface area contributed by atoms with Crippen LogP contribution in [0.2, 0.25) is 0 Å². The Morgan fingerprint density at radius 2 is 1.47 bits per heavy atom. The van der Waals surface area contributed by atoms with E-state index in [1.54, 1.807) is 24.3 Å². The van der Waals surface area contributed by atoms with Gasteiger partial charge in [0.1, 0.15) is 0 Å². The number of carbonyl (C=O) groups is 1. The number of amides is 1. The first kappa shape index (κ1) is 22.4. The molecule has 0 radical (unpaired) electrons. The van der Waals surface area contributed by atoms with E-state index in [2.05, 4.69) is 0 Å². The van der Waals surface area contributed by atoms with Crippen molar-refractivity contribution in [2.75, 3.05) is 19.6 Å². The first-order chi connectivity index (χ1) is 14.2. The Kier molecular flexibility index (Phi) is 6.91. The van der Waals surface area contributed by atoms with Gasteiger partial charge in [-0.1, -0.05) is 30.3 Å². The fourth-order valence-electron chi connectivity index (χ4n) is 3.32. The lowest BCUT2D eigenvalue weighted by Gasteiger charge is -2.22. The second kappa shape index (κ2) is 9.25. The van der Waals surface area contributed by atoms with Gasteiger partial charge in [-0.15, -0.1) is 0 Å². The van der Waals surface area contributed by atoms with Crippen molar-refractivity contribution in [2.45, 2.75) is 35.6 Å². The molecule has 2 N–H and O–H groups in total. The molecule has 0 bridgehead atoms. The molecule has 10 heteroatoms. The van der Waals surface area contributed by atoms with E-state index < -0.39 is 26.0 Å². The second-order valence-corrected chi connectivity index (χ2v) is 11.0. The van der Waals surface area contributed by atoms with Gasteiger partial charge in [-0.3, -0.25) is 4.79 Å². The Hall–Kier alpha value is -2.27. The van der Waals surface area contributed by atoms with Crippen LogP contribution in [0, 0.1) is 0 Å². The summed E-state index contributed by atoms with van der Waals surface area (Å²) in [5.74, 6) is -0.602. The summed E-state index contributed by atoms with van der Waals surface area (Å²) in [6.07, 6.45) is 1.52. The van der Waals surface area contributed by atoms with Crippen LogP contribution in [-0.4, -0.2) is 51.0 Å². The van der Waals surface area contributed by atoms with Crippen LogP contribution in [0.15, 0.2) is 64.4 Å². The van der Waals surface area contributed by atoms with Gasteiger partial charge in [0.15, 0.2) is 0 Å². The molecule has 0 aromatic heterocycles. The SMILES string of the molecule is NC(=O)CCN(Cc1ccccc1)S(=O)(=O)c1ccc(S(=O)(=O)N2CCCC2)cc1. The lowest BCUT2D eigenvalue weighted by Crippen LogP contribution is -2.33. The van der Waals surface area contributed by atoms with Crippen LogP contribution >= 0.6 is 0 Å². The number of nitrogens with zero attached hydrogens (tertiary/aromatic N) is 2. The van der Waals surface area contributed by atoms with E-state index in [1.165, 1.54) is 32.9 Å². The Morgan fingerprint density at radius 1 is 0.900 bits per heavy atom. The predicted molar refractivity (Wildman–Crippen MR) is 112 cm³/mol. The molecule has 0 saturated carbocycles. The van der Waals surface area contributed by atoms with E-state index >= 15 is 0 Å². The largest absolute Gasteiger partial charge is 0.370 e. The molecule has 2 aromatic carbocycles. The topological polar surface area (TPSA) is 118 Å². The van der Waals surface area contributed by atoms with Crippen molar-refractivity contribution >= 4 is 26.0 Å².